The standard InChI is InChI=1S/C27H24ClNO5/c1-3-33-21-13-11-17(12-14-21)24-23(25(30)18-7-5-8-19(28)15-18)26(31)27(32)29(24)20-9-6-10-22(16-20)34-4-2/h5-16,24,30H,3-4H2,1-2H3/b25-23+. The number of Topliss-reactive ketones (excluding diaryl/α,β-unsaturated/α-hetero) is 1. The Balaban J connectivity index is 1.90. The van der Waals surface area contributed by atoms with Gasteiger partial charge in [0, 0.05) is 22.3 Å². The number of carbonyl (C=O) groups is 2. The lowest BCUT2D eigenvalue weighted by atomic mass is 9.95. The average molecular weight is 478 g/mol. The van der Waals surface area contributed by atoms with Gasteiger partial charge in [0.2, 0.25) is 0 Å². The molecule has 1 amide bonds. The van der Waals surface area contributed by atoms with Crippen LogP contribution in [0.1, 0.15) is 31.0 Å². The lowest BCUT2D eigenvalue weighted by molar-refractivity contribution is -0.132. The van der Waals surface area contributed by atoms with Crippen molar-refractivity contribution in [2.45, 2.75) is 19.9 Å². The Labute approximate surface area is 203 Å². The van der Waals surface area contributed by atoms with Gasteiger partial charge in [0.05, 0.1) is 24.8 Å². The molecule has 1 N–H and O–H groups in total. The van der Waals surface area contributed by atoms with Crippen LogP contribution in [0.4, 0.5) is 5.69 Å². The summed E-state index contributed by atoms with van der Waals surface area (Å²) in [5, 5.41) is 11.6. The molecular weight excluding hydrogens is 454 g/mol. The first-order chi connectivity index (χ1) is 16.4. The Hall–Kier alpha value is -3.77. The maximum absolute atomic E-state index is 13.3. The van der Waals surface area contributed by atoms with E-state index in [9.17, 15) is 14.7 Å². The van der Waals surface area contributed by atoms with Crippen molar-refractivity contribution in [2.75, 3.05) is 18.1 Å². The number of benzene rings is 3. The normalized spacial score (nSPS) is 17.1. The summed E-state index contributed by atoms with van der Waals surface area (Å²) in [4.78, 5) is 27.9. The van der Waals surface area contributed by atoms with Crippen LogP contribution >= 0.6 is 11.6 Å². The van der Waals surface area contributed by atoms with Crippen LogP contribution in [0.15, 0.2) is 78.4 Å². The maximum Gasteiger partial charge on any atom is 0.300 e. The molecule has 174 valence electrons. The zero-order valence-electron chi connectivity index (χ0n) is 18.8. The summed E-state index contributed by atoms with van der Waals surface area (Å²) < 4.78 is 11.1. The van der Waals surface area contributed by atoms with Crippen molar-refractivity contribution in [1.29, 1.82) is 0 Å². The van der Waals surface area contributed by atoms with Crippen LogP contribution in [0.5, 0.6) is 11.5 Å². The van der Waals surface area contributed by atoms with Gasteiger partial charge >= 0.3 is 0 Å². The van der Waals surface area contributed by atoms with E-state index in [4.69, 9.17) is 21.1 Å². The van der Waals surface area contributed by atoms with E-state index < -0.39 is 17.7 Å². The summed E-state index contributed by atoms with van der Waals surface area (Å²) in [5.74, 6) is -0.573. The molecule has 0 bridgehead atoms. The second kappa shape index (κ2) is 10.0. The second-order valence-corrected chi connectivity index (χ2v) is 8.05. The van der Waals surface area contributed by atoms with Gasteiger partial charge in [-0.2, -0.15) is 0 Å². The van der Waals surface area contributed by atoms with Gasteiger partial charge in [-0.1, -0.05) is 41.9 Å². The minimum Gasteiger partial charge on any atom is -0.507 e. The molecule has 1 atom stereocenters. The van der Waals surface area contributed by atoms with Crippen LogP contribution in [0.3, 0.4) is 0 Å². The first-order valence-electron chi connectivity index (χ1n) is 11.0. The number of anilines is 1. The van der Waals surface area contributed by atoms with Gasteiger partial charge in [-0.05, 0) is 55.8 Å². The van der Waals surface area contributed by atoms with E-state index in [1.165, 1.54) is 4.90 Å². The van der Waals surface area contributed by atoms with Crippen molar-refractivity contribution in [3.8, 4) is 11.5 Å². The average Bonchev–Trinajstić information content (AvgIpc) is 3.10. The number of amides is 1. The molecule has 0 aromatic heterocycles. The summed E-state index contributed by atoms with van der Waals surface area (Å²) in [6.45, 7) is 4.72. The second-order valence-electron chi connectivity index (χ2n) is 7.61. The van der Waals surface area contributed by atoms with Gasteiger partial charge in [-0.25, -0.2) is 0 Å². The molecule has 1 fully saturated rings. The van der Waals surface area contributed by atoms with Gasteiger partial charge in [0.25, 0.3) is 11.7 Å². The number of carbonyl (C=O) groups excluding carboxylic acids is 2. The van der Waals surface area contributed by atoms with Crippen molar-refractivity contribution in [3.05, 3.63) is 94.5 Å². The molecular formula is C27H24ClNO5. The van der Waals surface area contributed by atoms with Crippen LogP contribution in [0, 0.1) is 0 Å². The predicted molar refractivity (Wildman–Crippen MR) is 131 cm³/mol. The van der Waals surface area contributed by atoms with Crippen molar-refractivity contribution in [2.24, 2.45) is 0 Å². The Morgan fingerprint density at radius 3 is 2.26 bits per heavy atom. The van der Waals surface area contributed by atoms with Gasteiger partial charge in [-0.3, -0.25) is 14.5 Å². The molecule has 0 saturated carbocycles. The lowest BCUT2D eigenvalue weighted by Gasteiger charge is -2.26. The van der Waals surface area contributed by atoms with E-state index >= 15 is 0 Å². The van der Waals surface area contributed by atoms with Gasteiger partial charge in [0.1, 0.15) is 17.3 Å². The first kappa shape index (κ1) is 23.4. The van der Waals surface area contributed by atoms with Crippen LogP contribution in [-0.4, -0.2) is 30.0 Å². The molecule has 7 heteroatoms. The van der Waals surface area contributed by atoms with Crippen molar-refractivity contribution >= 4 is 34.7 Å². The van der Waals surface area contributed by atoms with Gasteiger partial charge < -0.3 is 14.6 Å². The smallest absolute Gasteiger partial charge is 0.300 e. The van der Waals surface area contributed by atoms with Gasteiger partial charge in [-0.15, -0.1) is 0 Å². The van der Waals surface area contributed by atoms with E-state index in [-0.39, 0.29) is 11.3 Å². The quantitative estimate of drug-likeness (QED) is 0.266. The summed E-state index contributed by atoms with van der Waals surface area (Å²) in [5.41, 5.74) is 1.47. The highest BCUT2D eigenvalue weighted by Gasteiger charge is 2.47. The Morgan fingerprint density at radius 1 is 0.912 bits per heavy atom. The van der Waals surface area contributed by atoms with Crippen molar-refractivity contribution < 1.29 is 24.2 Å². The Morgan fingerprint density at radius 2 is 1.59 bits per heavy atom. The van der Waals surface area contributed by atoms with E-state index in [1.807, 2.05) is 13.8 Å². The van der Waals surface area contributed by atoms with Crippen molar-refractivity contribution in [3.63, 3.8) is 0 Å². The molecule has 0 spiro atoms. The SMILES string of the molecule is CCOc1ccc(C2/C(=C(\O)c3cccc(Cl)c3)C(=O)C(=O)N2c2cccc(OCC)c2)cc1. The number of rotatable bonds is 7. The van der Waals surface area contributed by atoms with Crippen LogP contribution in [-0.2, 0) is 9.59 Å². The maximum atomic E-state index is 13.3. The summed E-state index contributed by atoms with van der Waals surface area (Å²) in [7, 11) is 0. The highest BCUT2D eigenvalue weighted by molar-refractivity contribution is 6.51. The van der Waals surface area contributed by atoms with Crippen LogP contribution < -0.4 is 14.4 Å². The number of aliphatic hydroxyl groups excluding tert-OH is 1. The third kappa shape index (κ3) is 4.50. The van der Waals surface area contributed by atoms with Crippen LogP contribution in [0.25, 0.3) is 5.76 Å². The molecule has 4 rings (SSSR count). The fourth-order valence-corrected chi connectivity index (χ4v) is 4.20. The minimum absolute atomic E-state index is 0.0155. The zero-order valence-corrected chi connectivity index (χ0v) is 19.6. The molecule has 3 aromatic carbocycles. The van der Waals surface area contributed by atoms with E-state index in [2.05, 4.69) is 0 Å². The van der Waals surface area contributed by atoms with Crippen molar-refractivity contribution in [1.82, 2.24) is 0 Å². The first-order valence-corrected chi connectivity index (χ1v) is 11.3. The highest BCUT2D eigenvalue weighted by Crippen LogP contribution is 2.43. The summed E-state index contributed by atoms with van der Waals surface area (Å²) in [6.07, 6.45) is 0. The molecule has 1 aliphatic rings. The largest absolute Gasteiger partial charge is 0.507 e. The Kier molecular flexibility index (Phi) is 6.89. The number of ether oxygens (including phenoxy) is 2. The molecule has 34 heavy (non-hydrogen) atoms. The zero-order chi connectivity index (χ0) is 24.2. The van der Waals surface area contributed by atoms with Crippen LogP contribution in [0.2, 0.25) is 5.02 Å². The molecule has 1 aliphatic heterocycles. The highest BCUT2D eigenvalue weighted by atomic mass is 35.5. The number of hydrogen-bond donors (Lipinski definition) is 1. The predicted octanol–water partition coefficient (Wildman–Crippen LogP) is 5.76. The fraction of sp³-hybridized carbons (Fsp3) is 0.185. The third-order valence-electron chi connectivity index (χ3n) is 5.46. The molecule has 1 heterocycles. The van der Waals surface area contributed by atoms with E-state index in [0.29, 0.717) is 46.5 Å². The monoisotopic (exact) mass is 477 g/mol. The molecule has 6 nitrogen and oxygen atoms in total. The summed E-state index contributed by atoms with van der Waals surface area (Å²) >= 11 is 6.11. The van der Waals surface area contributed by atoms with E-state index in [1.54, 1.807) is 72.8 Å². The molecule has 0 aliphatic carbocycles. The van der Waals surface area contributed by atoms with E-state index in [0.717, 1.165) is 0 Å². The van der Waals surface area contributed by atoms with Gasteiger partial charge in [0.15, 0.2) is 0 Å². The summed E-state index contributed by atoms with van der Waals surface area (Å²) in [6, 6.07) is 19.8. The number of halogens is 1. The lowest BCUT2D eigenvalue weighted by Crippen LogP contribution is -2.29. The molecule has 1 saturated heterocycles. The number of nitrogens with zero attached hydrogens (tertiary/aromatic N) is 1. The minimum atomic E-state index is -0.855. The molecule has 0 radical (unpaired) electrons. The number of aliphatic hydroxyl groups is 1. The fourth-order valence-electron chi connectivity index (χ4n) is 4.01. The molecule has 3 aromatic rings. The topological polar surface area (TPSA) is 76.1 Å². The molecule has 1 unspecified atom stereocenters. The Bertz CT molecular complexity index is 1250. The number of ketones is 1. The third-order valence-corrected chi connectivity index (χ3v) is 5.69. The number of hydrogen-bond acceptors (Lipinski definition) is 5.